The molecule has 0 bridgehead atoms. The second-order valence-electron chi connectivity index (χ2n) is 3.09. The summed E-state index contributed by atoms with van der Waals surface area (Å²) in [6.45, 7) is 5.90. The molecule has 3 heteroatoms. The molecule has 0 fully saturated rings. The van der Waals surface area contributed by atoms with E-state index in [0.29, 0.717) is 0 Å². The van der Waals surface area contributed by atoms with Crippen LogP contribution in [0.25, 0.3) is 0 Å². The van der Waals surface area contributed by atoms with Gasteiger partial charge < -0.3 is 9.94 Å². The van der Waals surface area contributed by atoms with Gasteiger partial charge in [-0.25, -0.2) is 0 Å². The lowest BCUT2D eigenvalue weighted by Crippen LogP contribution is -2.15. The Kier molecular flexibility index (Phi) is 6.76. The summed E-state index contributed by atoms with van der Waals surface area (Å²) in [7, 11) is 0. The minimum absolute atomic E-state index is 0.0524. The van der Waals surface area contributed by atoms with Crippen LogP contribution in [0.5, 0.6) is 0 Å². The van der Waals surface area contributed by atoms with Gasteiger partial charge in [0, 0.05) is 0 Å². The Labute approximate surface area is 74.4 Å². The average Bonchev–Trinajstić information content (AvgIpc) is 2.05. The van der Waals surface area contributed by atoms with Crippen molar-refractivity contribution in [3.05, 3.63) is 0 Å². The van der Waals surface area contributed by atoms with Crippen molar-refractivity contribution in [2.24, 2.45) is 5.16 Å². The number of rotatable bonds is 6. The summed E-state index contributed by atoms with van der Waals surface area (Å²) in [4.78, 5) is 5.09. The molecule has 0 aliphatic heterocycles. The molecule has 0 aliphatic rings. The van der Waals surface area contributed by atoms with Gasteiger partial charge in [0.2, 0.25) is 0 Å². The van der Waals surface area contributed by atoms with E-state index in [-0.39, 0.29) is 12.7 Å². The van der Waals surface area contributed by atoms with Crippen molar-refractivity contribution in [3.63, 3.8) is 0 Å². The molecule has 0 aromatic heterocycles. The van der Waals surface area contributed by atoms with Crippen molar-refractivity contribution in [2.45, 2.75) is 46.1 Å². The van der Waals surface area contributed by atoms with Crippen molar-refractivity contribution in [3.8, 4) is 0 Å². The molecular weight excluding hydrogens is 154 g/mol. The minimum atomic E-state index is -0.125. The van der Waals surface area contributed by atoms with Gasteiger partial charge in [0.25, 0.3) is 0 Å². The van der Waals surface area contributed by atoms with E-state index in [1.54, 1.807) is 0 Å². The number of hydrogen-bond donors (Lipinski definition) is 1. The van der Waals surface area contributed by atoms with E-state index in [9.17, 15) is 0 Å². The Morgan fingerprint density at radius 1 is 1.50 bits per heavy atom. The predicted molar refractivity (Wildman–Crippen MR) is 50.3 cm³/mol. The molecule has 0 aliphatic carbocycles. The fraction of sp³-hybridized carbons (Fsp3) is 0.889. The van der Waals surface area contributed by atoms with Gasteiger partial charge >= 0.3 is 0 Å². The van der Waals surface area contributed by atoms with Crippen LogP contribution in [0.1, 0.15) is 40.0 Å². The lowest BCUT2D eigenvalue weighted by atomic mass is 10.2. The van der Waals surface area contributed by atoms with Crippen molar-refractivity contribution in [2.75, 3.05) is 6.61 Å². The predicted octanol–water partition coefficient (Wildman–Crippen LogP) is 1.95. The highest BCUT2D eigenvalue weighted by molar-refractivity contribution is 5.78. The summed E-state index contributed by atoms with van der Waals surface area (Å²) in [6, 6.07) is 0. The summed E-state index contributed by atoms with van der Waals surface area (Å²) in [5.74, 6) is 0. The van der Waals surface area contributed by atoms with Crippen LogP contribution >= 0.6 is 0 Å². The third-order valence-corrected chi connectivity index (χ3v) is 1.47. The Morgan fingerprint density at radius 3 is 2.58 bits per heavy atom. The largest absolute Gasteiger partial charge is 0.392 e. The highest BCUT2D eigenvalue weighted by Crippen LogP contribution is 2.04. The number of oxime groups is 1. The molecule has 0 radical (unpaired) electrons. The lowest BCUT2D eigenvalue weighted by molar-refractivity contribution is 0.0102. The molecule has 0 saturated heterocycles. The fourth-order valence-corrected chi connectivity index (χ4v) is 0.789. The van der Waals surface area contributed by atoms with Gasteiger partial charge in [-0.15, -0.1) is 0 Å². The summed E-state index contributed by atoms with van der Waals surface area (Å²) in [5, 5.41) is 12.7. The van der Waals surface area contributed by atoms with Crippen molar-refractivity contribution < 1.29 is 9.94 Å². The molecule has 12 heavy (non-hydrogen) atoms. The van der Waals surface area contributed by atoms with E-state index < -0.39 is 0 Å². The van der Waals surface area contributed by atoms with E-state index in [1.807, 2.05) is 13.8 Å². The molecule has 0 aromatic carbocycles. The first-order chi connectivity index (χ1) is 5.70. The number of aliphatic hydroxyl groups excluding tert-OH is 1. The highest BCUT2D eigenvalue weighted by atomic mass is 16.6. The van der Waals surface area contributed by atoms with Gasteiger partial charge in [-0.3, -0.25) is 0 Å². The highest BCUT2D eigenvalue weighted by Gasteiger charge is 2.06. The lowest BCUT2D eigenvalue weighted by Gasteiger charge is -2.11. The molecule has 0 aromatic rings. The van der Waals surface area contributed by atoms with Gasteiger partial charge in [-0.05, 0) is 26.7 Å². The zero-order valence-electron chi connectivity index (χ0n) is 8.21. The Balaban J connectivity index is 3.60. The fourth-order valence-electron chi connectivity index (χ4n) is 0.789. The molecular formula is C9H19NO2. The van der Waals surface area contributed by atoms with Gasteiger partial charge in [-0.2, -0.15) is 0 Å². The van der Waals surface area contributed by atoms with Gasteiger partial charge in [-0.1, -0.05) is 18.5 Å². The van der Waals surface area contributed by atoms with Crippen molar-refractivity contribution >= 4 is 5.71 Å². The molecule has 0 heterocycles. The van der Waals surface area contributed by atoms with Crippen LogP contribution in [0.3, 0.4) is 0 Å². The van der Waals surface area contributed by atoms with Crippen LogP contribution in [0.15, 0.2) is 5.16 Å². The Morgan fingerprint density at radius 2 is 2.17 bits per heavy atom. The Bertz CT molecular complexity index is 130. The monoisotopic (exact) mass is 173 g/mol. The number of nitrogens with zero attached hydrogens (tertiary/aromatic N) is 1. The quantitative estimate of drug-likeness (QED) is 0.492. The molecule has 0 rings (SSSR count). The zero-order valence-corrected chi connectivity index (χ0v) is 8.21. The smallest absolute Gasteiger partial charge is 0.150 e. The Hall–Kier alpha value is -0.570. The third-order valence-electron chi connectivity index (χ3n) is 1.47. The maximum Gasteiger partial charge on any atom is 0.150 e. The zero-order chi connectivity index (χ0) is 9.40. The number of aliphatic hydroxyl groups is 1. The first kappa shape index (κ1) is 11.4. The van der Waals surface area contributed by atoms with E-state index in [4.69, 9.17) is 9.94 Å². The molecule has 1 atom stereocenters. The van der Waals surface area contributed by atoms with E-state index >= 15 is 0 Å². The van der Waals surface area contributed by atoms with Crippen molar-refractivity contribution in [1.29, 1.82) is 0 Å². The van der Waals surface area contributed by atoms with Crippen LogP contribution in [0.4, 0.5) is 0 Å². The molecule has 3 nitrogen and oxygen atoms in total. The average molecular weight is 173 g/mol. The molecule has 72 valence electrons. The van der Waals surface area contributed by atoms with Gasteiger partial charge in [0.05, 0.1) is 12.3 Å². The minimum Gasteiger partial charge on any atom is -0.392 e. The second kappa shape index (κ2) is 7.10. The number of hydrogen-bond acceptors (Lipinski definition) is 3. The molecule has 0 amide bonds. The number of unbranched alkanes of at least 4 members (excludes halogenated alkanes) is 1. The maximum atomic E-state index is 8.87. The first-order valence-electron chi connectivity index (χ1n) is 4.48. The molecule has 0 spiro atoms. The van der Waals surface area contributed by atoms with Crippen LogP contribution in [-0.4, -0.2) is 23.5 Å². The van der Waals surface area contributed by atoms with Crippen LogP contribution in [0, 0.1) is 0 Å². The topological polar surface area (TPSA) is 41.8 Å². The molecule has 1 N–H and O–H groups in total. The van der Waals surface area contributed by atoms with E-state index in [0.717, 1.165) is 25.0 Å². The van der Waals surface area contributed by atoms with E-state index in [2.05, 4.69) is 12.1 Å². The maximum absolute atomic E-state index is 8.87. The SMILES string of the molecule is CCCCC(CO)ON=C(C)C. The van der Waals surface area contributed by atoms with Crippen LogP contribution < -0.4 is 0 Å². The van der Waals surface area contributed by atoms with Crippen molar-refractivity contribution in [1.82, 2.24) is 0 Å². The standard InChI is InChI=1S/C9H19NO2/c1-4-5-6-9(7-11)12-10-8(2)3/h9,11H,4-7H2,1-3H3. The van der Waals surface area contributed by atoms with Gasteiger partial charge in [0.15, 0.2) is 0 Å². The van der Waals surface area contributed by atoms with Crippen LogP contribution in [0.2, 0.25) is 0 Å². The summed E-state index contributed by atoms with van der Waals surface area (Å²) >= 11 is 0. The summed E-state index contributed by atoms with van der Waals surface area (Å²) in [6.07, 6.45) is 2.95. The van der Waals surface area contributed by atoms with Crippen LogP contribution in [-0.2, 0) is 4.84 Å². The summed E-state index contributed by atoms with van der Waals surface area (Å²) < 4.78 is 0. The summed E-state index contributed by atoms with van der Waals surface area (Å²) in [5.41, 5.74) is 0.880. The van der Waals surface area contributed by atoms with Gasteiger partial charge in [0.1, 0.15) is 6.10 Å². The normalized spacial score (nSPS) is 12.3. The first-order valence-corrected chi connectivity index (χ1v) is 4.48. The van der Waals surface area contributed by atoms with E-state index in [1.165, 1.54) is 0 Å². The second-order valence-corrected chi connectivity index (χ2v) is 3.09. The molecule has 0 saturated carbocycles. The third kappa shape index (κ3) is 6.16. The molecule has 1 unspecified atom stereocenters.